The van der Waals surface area contributed by atoms with Gasteiger partial charge in [0.15, 0.2) is 5.82 Å². The van der Waals surface area contributed by atoms with Gasteiger partial charge < -0.3 is 10.1 Å². The lowest BCUT2D eigenvalue weighted by Crippen LogP contribution is -2.35. The smallest absolute Gasteiger partial charge is 0.270 e. The Labute approximate surface area is 159 Å². The lowest BCUT2D eigenvalue weighted by atomic mass is 10.0. The molecule has 0 fully saturated rings. The summed E-state index contributed by atoms with van der Waals surface area (Å²) in [4.78, 5) is 36.5. The van der Waals surface area contributed by atoms with Crippen molar-refractivity contribution in [1.82, 2.24) is 19.9 Å². The molecule has 0 bridgehead atoms. The molecule has 1 aliphatic rings. The molecule has 0 radical (unpaired) electrons. The number of phenols is 1. The molecule has 3 aromatic rings. The standard InChI is InChI=1S/C19H17N5O4/c25-17-5-4-13(24(27)28)9-12(17)10-23-8-6-14-16(11-23)21-18(22-19(14)26)15-3-1-2-7-20-15/h1-5,7,9,25H,6,8,10-11H2,(H,21,22,26). The molecule has 3 heterocycles. The monoisotopic (exact) mass is 379 g/mol. The number of nitro benzene ring substituents is 1. The first kappa shape index (κ1) is 17.8. The Morgan fingerprint density at radius 2 is 2.14 bits per heavy atom. The molecule has 1 aliphatic heterocycles. The number of nitro groups is 1. The summed E-state index contributed by atoms with van der Waals surface area (Å²) in [6.07, 6.45) is 2.14. The first-order valence-corrected chi connectivity index (χ1v) is 8.73. The fraction of sp³-hybridized carbons (Fsp3) is 0.211. The number of pyridine rings is 1. The van der Waals surface area contributed by atoms with Crippen LogP contribution in [0, 0.1) is 10.1 Å². The second-order valence-electron chi connectivity index (χ2n) is 6.59. The molecule has 28 heavy (non-hydrogen) atoms. The van der Waals surface area contributed by atoms with Gasteiger partial charge in [0.2, 0.25) is 0 Å². The molecule has 0 spiro atoms. The minimum absolute atomic E-state index is 0.00411. The predicted molar refractivity (Wildman–Crippen MR) is 101 cm³/mol. The number of H-pyrrole nitrogens is 1. The van der Waals surface area contributed by atoms with E-state index in [1.807, 2.05) is 11.0 Å². The van der Waals surface area contributed by atoms with E-state index in [-0.39, 0.29) is 17.0 Å². The highest BCUT2D eigenvalue weighted by Crippen LogP contribution is 2.26. The van der Waals surface area contributed by atoms with Crippen LogP contribution in [-0.4, -0.2) is 36.4 Å². The van der Waals surface area contributed by atoms with Crippen LogP contribution in [0.2, 0.25) is 0 Å². The number of nitrogens with zero attached hydrogens (tertiary/aromatic N) is 4. The molecule has 142 valence electrons. The number of aromatic amines is 1. The van der Waals surface area contributed by atoms with Crippen molar-refractivity contribution in [1.29, 1.82) is 0 Å². The van der Waals surface area contributed by atoms with E-state index in [9.17, 15) is 20.0 Å². The van der Waals surface area contributed by atoms with E-state index in [0.717, 1.165) is 0 Å². The third-order valence-electron chi connectivity index (χ3n) is 4.73. The molecular weight excluding hydrogens is 362 g/mol. The highest BCUT2D eigenvalue weighted by atomic mass is 16.6. The maximum atomic E-state index is 12.4. The van der Waals surface area contributed by atoms with Gasteiger partial charge in [0.05, 0.1) is 10.6 Å². The maximum Gasteiger partial charge on any atom is 0.270 e. The van der Waals surface area contributed by atoms with Crippen LogP contribution in [0.3, 0.4) is 0 Å². The molecule has 9 nitrogen and oxygen atoms in total. The summed E-state index contributed by atoms with van der Waals surface area (Å²) >= 11 is 0. The molecule has 0 aliphatic carbocycles. The summed E-state index contributed by atoms with van der Waals surface area (Å²) in [6.45, 7) is 1.31. The van der Waals surface area contributed by atoms with Crippen molar-refractivity contribution in [2.75, 3.05) is 6.54 Å². The van der Waals surface area contributed by atoms with Crippen LogP contribution < -0.4 is 5.56 Å². The number of aromatic nitrogens is 3. The summed E-state index contributed by atoms with van der Waals surface area (Å²) in [6, 6.07) is 9.34. The number of benzene rings is 1. The quantitative estimate of drug-likeness (QED) is 0.524. The Kier molecular flexibility index (Phi) is 4.58. The van der Waals surface area contributed by atoms with Gasteiger partial charge >= 0.3 is 0 Å². The van der Waals surface area contributed by atoms with Gasteiger partial charge in [0.25, 0.3) is 11.2 Å². The van der Waals surface area contributed by atoms with Gasteiger partial charge in [-0.2, -0.15) is 0 Å². The first-order valence-electron chi connectivity index (χ1n) is 8.73. The van der Waals surface area contributed by atoms with E-state index in [1.54, 1.807) is 18.3 Å². The lowest BCUT2D eigenvalue weighted by Gasteiger charge is -2.27. The van der Waals surface area contributed by atoms with Crippen molar-refractivity contribution < 1.29 is 10.0 Å². The second kappa shape index (κ2) is 7.20. The number of non-ortho nitro benzene ring substituents is 1. The summed E-state index contributed by atoms with van der Waals surface area (Å²) in [5.74, 6) is 0.411. The molecule has 0 unspecified atom stereocenters. The zero-order valence-corrected chi connectivity index (χ0v) is 14.8. The molecule has 4 rings (SSSR count). The third-order valence-corrected chi connectivity index (χ3v) is 4.73. The Morgan fingerprint density at radius 3 is 2.89 bits per heavy atom. The van der Waals surface area contributed by atoms with Gasteiger partial charge in [-0.15, -0.1) is 0 Å². The van der Waals surface area contributed by atoms with Crippen molar-refractivity contribution in [3.8, 4) is 17.3 Å². The molecule has 9 heteroatoms. The minimum Gasteiger partial charge on any atom is -0.508 e. The maximum absolute atomic E-state index is 12.4. The number of fused-ring (bicyclic) bond motifs is 1. The van der Waals surface area contributed by atoms with E-state index in [4.69, 9.17) is 0 Å². The number of rotatable bonds is 4. The Morgan fingerprint density at radius 1 is 1.29 bits per heavy atom. The summed E-state index contributed by atoms with van der Waals surface area (Å²) < 4.78 is 0. The molecule has 0 saturated carbocycles. The van der Waals surface area contributed by atoms with Gasteiger partial charge in [0.1, 0.15) is 11.4 Å². The van der Waals surface area contributed by atoms with Gasteiger partial charge in [-0.3, -0.25) is 24.8 Å². The number of aromatic hydroxyl groups is 1. The molecular formula is C19H17N5O4. The zero-order chi connectivity index (χ0) is 19.7. The highest BCUT2D eigenvalue weighted by Gasteiger charge is 2.23. The largest absolute Gasteiger partial charge is 0.508 e. The number of phenolic OH excluding ortho intramolecular Hbond substituents is 1. The predicted octanol–water partition coefficient (Wildman–Crippen LogP) is 2.00. The van der Waals surface area contributed by atoms with Crippen molar-refractivity contribution in [2.24, 2.45) is 0 Å². The topological polar surface area (TPSA) is 125 Å². The summed E-state index contributed by atoms with van der Waals surface area (Å²) in [5, 5.41) is 21.0. The zero-order valence-electron chi connectivity index (χ0n) is 14.8. The van der Waals surface area contributed by atoms with Gasteiger partial charge in [0, 0.05) is 49.1 Å². The van der Waals surface area contributed by atoms with Crippen molar-refractivity contribution in [3.05, 3.63) is 79.9 Å². The molecule has 0 saturated heterocycles. The van der Waals surface area contributed by atoms with Gasteiger partial charge in [-0.1, -0.05) is 6.07 Å². The molecule has 0 amide bonds. The fourth-order valence-corrected chi connectivity index (χ4v) is 3.31. The van der Waals surface area contributed by atoms with Gasteiger partial charge in [-0.25, -0.2) is 4.98 Å². The van der Waals surface area contributed by atoms with Crippen LogP contribution in [0.15, 0.2) is 47.4 Å². The molecule has 1 aromatic carbocycles. The third kappa shape index (κ3) is 3.47. The molecule has 2 aromatic heterocycles. The second-order valence-corrected chi connectivity index (χ2v) is 6.59. The Bertz CT molecular complexity index is 1100. The van der Waals surface area contributed by atoms with E-state index < -0.39 is 4.92 Å². The number of hydrogen-bond donors (Lipinski definition) is 2. The van der Waals surface area contributed by atoms with Crippen molar-refractivity contribution >= 4 is 5.69 Å². The first-order chi connectivity index (χ1) is 13.5. The molecule has 2 N–H and O–H groups in total. The Balaban J connectivity index is 1.61. The van der Waals surface area contributed by atoms with E-state index in [1.165, 1.54) is 18.2 Å². The highest BCUT2D eigenvalue weighted by molar-refractivity contribution is 5.49. The average molecular weight is 379 g/mol. The lowest BCUT2D eigenvalue weighted by molar-refractivity contribution is -0.385. The van der Waals surface area contributed by atoms with Crippen LogP contribution >= 0.6 is 0 Å². The van der Waals surface area contributed by atoms with E-state index >= 15 is 0 Å². The van der Waals surface area contributed by atoms with E-state index in [2.05, 4.69) is 15.0 Å². The van der Waals surface area contributed by atoms with Crippen molar-refractivity contribution in [3.63, 3.8) is 0 Å². The summed E-state index contributed by atoms with van der Waals surface area (Å²) in [7, 11) is 0. The normalized spacial score (nSPS) is 13.9. The SMILES string of the molecule is O=c1[nH]c(-c2ccccn2)nc2c1CCN(Cc1cc([N+](=O)[O-])ccc1O)C2. The van der Waals surface area contributed by atoms with Crippen LogP contribution in [0.5, 0.6) is 5.75 Å². The van der Waals surface area contributed by atoms with Crippen LogP contribution in [0.4, 0.5) is 5.69 Å². The number of nitrogens with one attached hydrogen (secondary N) is 1. The van der Waals surface area contributed by atoms with Crippen LogP contribution in [0.1, 0.15) is 16.8 Å². The Hall–Kier alpha value is -3.59. The van der Waals surface area contributed by atoms with Gasteiger partial charge in [-0.05, 0) is 24.6 Å². The average Bonchev–Trinajstić information content (AvgIpc) is 2.70. The van der Waals surface area contributed by atoms with Crippen LogP contribution in [0.25, 0.3) is 11.5 Å². The molecule has 0 atom stereocenters. The van der Waals surface area contributed by atoms with Crippen LogP contribution in [-0.2, 0) is 19.5 Å². The summed E-state index contributed by atoms with van der Waals surface area (Å²) in [5.41, 5.74) is 2.09. The fourth-order valence-electron chi connectivity index (χ4n) is 3.31. The number of hydrogen-bond acceptors (Lipinski definition) is 7. The minimum atomic E-state index is -0.491. The van der Waals surface area contributed by atoms with Crippen molar-refractivity contribution in [2.45, 2.75) is 19.5 Å². The van der Waals surface area contributed by atoms with E-state index in [0.29, 0.717) is 54.4 Å².